The first-order valence-electron chi connectivity index (χ1n) is 12.9. The Hall–Kier alpha value is -4.29. The number of hydrogen-bond donors (Lipinski definition) is 5. The van der Waals surface area contributed by atoms with Crippen LogP contribution < -0.4 is 26.2 Å². The van der Waals surface area contributed by atoms with E-state index in [1.807, 2.05) is 11.8 Å². The number of rotatable bonds is 5. The molecule has 2 fully saturated rings. The predicted molar refractivity (Wildman–Crippen MR) is 147 cm³/mol. The number of benzene rings is 1. The van der Waals surface area contributed by atoms with Crippen molar-refractivity contribution in [1.82, 2.24) is 9.97 Å². The Labute approximate surface area is 224 Å². The lowest BCUT2D eigenvalue weighted by Crippen LogP contribution is -2.55. The summed E-state index contributed by atoms with van der Waals surface area (Å²) in [6.45, 7) is 3.43. The minimum Gasteiger partial charge on any atom is -0.465 e. The smallest absolute Gasteiger partial charge is 0.409 e. The summed E-state index contributed by atoms with van der Waals surface area (Å²) in [5, 5.41) is 25.4. The second kappa shape index (κ2) is 10.8. The number of fused-ring (bicyclic) bond motifs is 1. The normalized spacial score (nSPS) is 21.6. The maximum atomic E-state index is 13.5. The Morgan fingerprint density at radius 3 is 2.67 bits per heavy atom. The number of carboxylic acid groups (broad SMARTS) is 1. The molecule has 0 radical (unpaired) electrons. The van der Waals surface area contributed by atoms with Gasteiger partial charge in [0.15, 0.2) is 5.69 Å². The van der Waals surface area contributed by atoms with Crippen molar-refractivity contribution in [2.24, 2.45) is 11.7 Å². The van der Waals surface area contributed by atoms with Crippen LogP contribution in [0.1, 0.15) is 36.7 Å². The lowest BCUT2D eigenvalue weighted by atomic mass is 9.92. The zero-order chi connectivity index (χ0) is 27.7. The van der Waals surface area contributed by atoms with E-state index in [0.717, 1.165) is 12.8 Å². The van der Waals surface area contributed by atoms with E-state index in [-0.39, 0.29) is 23.2 Å². The monoisotopic (exact) mass is 533 g/mol. The molecular weight excluding hydrogens is 502 g/mol. The highest BCUT2D eigenvalue weighted by Gasteiger charge is 2.32. The van der Waals surface area contributed by atoms with E-state index in [9.17, 15) is 24.6 Å². The average molecular weight is 534 g/mol. The van der Waals surface area contributed by atoms with Crippen LogP contribution in [0.5, 0.6) is 0 Å². The summed E-state index contributed by atoms with van der Waals surface area (Å²) >= 11 is 0. The van der Waals surface area contributed by atoms with Gasteiger partial charge in [-0.25, -0.2) is 9.78 Å². The van der Waals surface area contributed by atoms with Crippen LogP contribution in [0.15, 0.2) is 42.7 Å². The predicted octanol–water partition coefficient (Wildman–Crippen LogP) is 2.63. The number of nitrogens with two attached hydrogens (primary N) is 1. The van der Waals surface area contributed by atoms with Gasteiger partial charge in [0.1, 0.15) is 0 Å². The molecule has 2 saturated heterocycles. The summed E-state index contributed by atoms with van der Waals surface area (Å²) in [5.41, 5.74) is 8.24. The quantitative estimate of drug-likeness (QED) is 0.330. The van der Waals surface area contributed by atoms with Gasteiger partial charge in [0.2, 0.25) is 5.91 Å². The van der Waals surface area contributed by atoms with E-state index < -0.39 is 24.1 Å². The molecule has 12 heteroatoms. The first-order valence-corrected chi connectivity index (χ1v) is 12.9. The molecule has 2 aliphatic heterocycles. The van der Waals surface area contributed by atoms with Crippen molar-refractivity contribution in [1.29, 1.82) is 0 Å². The summed E-state index contributed by atoms with van der Waals surface area (Å²) in [6, 6.07) is 8.11. The third-order valence-electron chi connectivity index (χ3n) is 7.24. The summed E-state index contributed by atoms with van der Waals surface area (Å²) in [7, 11) is 0. The zero-order valence-electron chi connectivity index (χ0n) is 21.5. The zero-order valence-corrected chi connectivity index (χ0v) is 21.5. The maximum Gasteiger partial charge on any atom is 0.409 e. The lowest BCUT2D eigenvalue weighted by molar-refractivity contribution is -0.119. The van der Waals surface area contributed by atoms with Gasteiger partial charge in [0.25, 0.3) is 5.91 Å². The number of aromatic nitrogens is 2. The van der Waals surface area contributed by atoms with E-state index in [1.54, 1.807) is 41.4 Å². The molecule has 3 unspecified atom stereocenters. The number of carbonyl (C=O) groups excluding carboxylic acids is 2. The van der Waals surface area contributed by atoms with Crippen molar-refractivity contribution in [3.8, 4) is 0 Å². The highest BCUT2D eigenvalue weighted by molar-refractivity contribution is 6.11. The van der Waals surface area contributed by atoms with Crippen molar-refractivity contribution in [3.63, 3.8) is 0 Å². The fourth-order valence-electron chi connectivity index (χ4n) is 5.24. The molecule has 0 spiro atoms. The van der Waals surface area contributed by atoms with E-state index >= 15 is 0 Å². The van der Waals surface area contributed by atoms with Crippen molar-refractivity contribution in [3.05, 3.63) is 48.4 Å². The molecule has 12 nitrogen and oxygen atoms in total. The van der Waals surface area contributed by atoms with Crippen molar-refractivity contribution in [2.75, 3.05) is 40.1 Å². The van der Waals surface area contributed by atoms with Crippen LogP contribution in [0.4, 0.5) is 27.5 Å². The van der Waals surface area contributed by atoms with Crippen LogP contribution in [0.3, 0.4) is 0 Å². The Balaban J connectivity index is 1.49. The molecule has 5 rings (SSSR count). The maximum absolute atomic E-state index is 13.5. The summed E-state index contributed by atoms with van der Waals surface area (Å²) in [5.74, 6) is -0.685. The minimum absolute atomic E-state index is 0.0245. The second-order valence-corrected chi connectivity index (χ2v) is 10.1. The summed E-state index contributed by atoms with van der Waals surface area (Å²) in [6.07, 6.45) is 3.37. The van der Waals surface area contributed by atoms with Gasteiger partial charge < -0.3 is 31.1 Å². The van der Waals surface area contributed by atoms with Crippen molar-refractivity contribution < 1.29 is 24.6 Å². The molecule has 3 amide bonds. The van der Waals surface area contributed by atoms with Crippen molar-refractivity contribution in [2.45, 2.75) is 38.3 Å². The first-order chi connectivity index (χ1) is 18.7. The van der Waals surface area contributed by atoms with E-state index in [1.165, 1.54) is 6.20 Å². The molecule has 0 saturated carbocycles. The van der Waals surface area contributed by atoms with Crippen molar-refractivity contribution >= 4 is 51.6 Å². The Morgan fingerprint density at radius 2 is 1.92 bits per heavy atom. The molecule has 39 heavy (non-hydrogen) atoms. The second-order valence-electron chi connectivity index (χ2n) is 10.1. The van der Waals surface area contributed by atoms with Gasteiger partial charge in [-0.3, -0.25) is 19.9 Å². The minimum atomic E-state index is -1.34. The summed E-state index contributed by atoms with van der Waals surface area (Å²) < 4.78 is 0. The Kier molecular flexibility index (Phi) is 7.31. The van der Waals surface area contributed by atoms with E-state index in [4.69, 9.17) is 5.73 Å². The third kappa shape index (κ3) is 5.47. The number of anilines is 4. The Bertz CT molecular complexity index is 1420. The summed E-state index contributed by atoms with van der Waals surface area (Å²) in [4.78, 5) is 49.8. The van der Waals surface area contributed by atoms with E-state index in [0.29, 0.717) is 54.0 Å². The SMILES string of the molecule is CC1CN(c2ccncc2NC(=O)c2nc3cc(N4CCCCC4=O)ccc3cc2NC(=O)O)CC(N)C1O. The van der Waals surface area contributed by atoms with Gasteiger partial charge in [0.05, 0.1) is 34.9 Å². The van der Waals surface area contributed by atoms with Crippen LogP contribution in [0.25, 0.3) is 10.9 Å². The highest BCUT2D eigenvalue weighted by atomic mass is 16.4. The van der Waals surface area contributed by atoms with Gasteiger partial charge in [-0.15, -0.1) is 0 Å². The third-order valence-corrected chi connectivity index (χ3v) is 7.24. The van der Waals surface area contributed by atoms with Gasteiger partial charge >= 0.3 is 6.09 Å². The fourth-order valence-corrected chi connectivity index (χ4v) is 5.24. The molecule has 4 heterocycles. The number of carbonyl (C=O) groups is 3. The number of pyridine rings is 2. The number of aliphatic hydroxyl groups excluding tert-OH is 1. The molecule has 3 atom stereocenters. The number of aliphatic hydroxyl groups is 1. The molecular formula is C27H31N7O5. The largest absolute Gasteiger partial charge is 0.465 e. The molecule has 1 aromatic carbocycles. The molecule has 2 aromatic heterocycles. The number of nitrogens with zero attached hydrogens (tertiary/aromatic N) is 4. The standard InChI is InChI=1S/C27H31N7O5/c1-15-13-33(14-18(28)25(15)36)22-7-8-29-12-21(22)31-26(37)24-20(32-27(38)39)10-16-5-6-17(11-19(16)30-24)34-9-3-2-4-23(34)35/h5-8,10-12,15,18,25,32,36H,2-4,9,13-14,28H2,1H3,(H,31,37)(H,38,39). The molecule has 204 valence electrons. The van der Waals surface area contributed by atoms with Gasteiger partial charge in [-0.1, -0.05) is 13.0 Å². The van der Waals surface area contributed by atoms with Crippen LogP contribution in [0.2, 0.25) is 0 Å². The van der Waals surface area contributed by atoms with Gasteiger partial charge in [0, 0.05) is 55.3 Å². The van der Waals surface area contributed by atoms with E-state index in [2.05, 4.69) is 20.6 Å². The average Bonchev–Trinajstić information content (AvgIpc) is 2.91. The topological polar surface area (TPSA) is 174 Å². The number of nitrogens with one attached hydrogen (secondary N) is 2. The number of amides is 3. The molecule has 3 aromatic rings. The van der Waals surface area contributed by atoms with Crippen LogP contribution in [-0.2, 0) is 4.79 Å². The Morgan fingerprint density at radius 1 is 1.10 bits per heavy atom. The van der Waals surface area contributed by atoms with Crippen LogP contribution in [0, 0.1) is 5.92 Å². The lowest BCUT2D eigenvalue weighted by Gasteiger charge is -2.40. The van der Waals surface area contributed by atoms with Gasteiger partial charge in [-0.2, -0.15) is 0 Å². The number of piperidine rings is 2. The molecule has 6 N–H and O–H groups in total. The first kappa shape index (κ1) is 26.3. The molecule has 0 bridgehead atoms. The fraction of sp³-hybridized carbons (Fsp3) is 0.370. The van der Waals surface area contributed by atoms with Gasteiger partial charge in [-0.05, 0) is 37.1 Å². The number of hydrogen-bond acceptors (Lipinski definition) is 8. The molecule has 0 aliphatic carbocycles. The highest BCUT2D eigenvalue weighted by Crippen LogP contribution is 2.31. The van der Waals surface area contributed by atoms with Crippen LogP contribution >= 0.6 is 0 Å². The van der Waals surface area contributed by atoms with Crippen LogP contribution in [-0.4, -0.2) is 69.9 Å². The molecule has 2 aliphatic rings.